The van der Waals surface area contributed by atoms with Crippen molar-refractivity contribution in [3.8, 4) is 0 Å². The van der Waals surface area contributed by atoms with Gasteiger partial charge in [0.2, 0.25) is 11.8 Å². The zero-order chi connectivity index (χ0) is 17.6. The van der Waals surface area contributed by atoms with E-state index in [1.807, 2.05) is 0 Å². The average molecular weight is 324 g/mol. The van der Waals surface area contributed by atoms with Gasteiger partial charge in [-0.05, 0) is 23.6 Å². The third-order valence-electron chi connectivity index (χ3n) is 3.25. The molecule has 0 unspecified atom stereocenters. The van der Waals surface area contributed by atoms with Crippen molar-refractivity contribution in [3.63, 3.8) is 0 Å². The van der Waals surface area contributed by atoms with Gasteiger partial charge in [-0.2, -0.15) is 0 Å². The van der Waals surface area contributed by atoms with Crippen LogP contribution in [-0.2, 0) is 20.8 Å². The van der Waals surface area contributed by atoms with Gasteiger partial charge in [-0.15, -0.1) is 0 Å². The largest absolute Gasteiger partial charge is 0.480 e. The van der Waals surface area contributed by atoms with E-state index >= 15 is 0 Å². The molecule has 23 heavy (non-hydrogen) atoms. The zero-order valence-corrected chi connectivity index (χ0v) is 13.3. The van der Waals surface area contributed by atoms with Crippen LogP contribution in [0.15, 0.2) is 24.3 Å². The van der Waals surface area contributed by atoms with Crippen LogP contribution in [-0.4, -0.2) is 35.0 Å². The number of amides is 2. The molecule has 0 fully saturated rings. The van der Waals surface area contributed by atoms with Crippen molar-refractivity contribution >= 4 is 17.8 Å². The molecule has 0 aliphatic heterocycles. The van der Waals surface area contributed by atoms with E-state index in [0.29, 0.717) is 5.56 Å². The molecule has 6 nitrogen and oxygen atoms in total. The number of carboxylic acid groups (broad SMARTS) is 1. The molecule has 1 aromatic carbocycles. The molecule has 0 aliphatic rings. The van der Waals surface area contributed by atoms with Crippen molar-refractivity contribution in [3.05, 3.63) is 35.6 Å². The summed E-state index contributed by atoms with van der Waals surface area (Å²) in [6.45, 7) is 4.58. The fourth-order valence-corrected chi connectivity index (χ4v) is 2.12. The van der Waals surface area contributed by atoms with Crippen LogP contribution in [0.3, 0.4) is 0 Å². The first-order valence-corrected chi connectivity index (χ1v) is 7.25. The highest BCUT2D eigenvalue weighted by molar-refractivity contribution is 5.90. The summed E-state index contributed by atoms with van der Waals surface area (Å²) in [5.74, 6) is -2.97. The van der Waals surface area contributed by atoms with Crippen LogP contribution < -0.4 is 10.6 Å². The molecule has 126 valence electrons. The van der Waals surface area contributed by atoms with Gasteiger partial charge in [0, 0.05) is 13.3 Å². The minimum absolute atomic E-state index is 0.0631. The number of aliphatic carboxylic acids is 1. The van der Waals surface area contributed by atoms with Gasteiger partial charge in [-0.3, -0.25) is 9.59 Å². The molecule has 0 spiro atoms. The molecule has 0 heterocycles. The SMILES string of the molecule is CC(=O)N[C@H](Cc1cccc(F)c1)C(=O)N[C@@H](C(=O)O)C(C)C. The number of nitrogens with one attached hydrogen (secondary N) is 2. The van der Waals surface area contributed by atoms with Gasteiger partial charge < -0.3 is 15.7 Å². The van der Waals surface area contributed by atoms with E-state index in [-0.39, 0.29) is 12.3 Å². The second-order valence-electron chi connectivity index (χ2n) is 5.66. The Morgan fingerprint density at radius 2 is 1.87 bits per heavy atom. The zero-order valence-electron chi connectivity index (χ0n) is 13.3. The Morgan fingerprint density at radius 3 is 2.35 bits per heavy atom. The summed E-state index contributed by atoms with van der Waals surface area (Å²) in [4.78, 5) is 34.8. The van der Waals surface area contributed by atoms with Crippen molar-refractivity contribution in [2.24, 2.45) is 5.92 Å². The lowest BCUT2D eigenvalue weighted by Gasteiger charge is -2.23. The number of halogens is 1. The Morgan fingerprint density at radius 1 is 1.22 bits per heavy atom. The van der Waals surface area contributed by atoms with Gasteiger partial charge in [0.1, 0.15) is 17.9 Å². The van der Waals surface area contributed by atoms with Crippen LogP contribution in [0.1, 0.15) is 26.3 Å². The van der Waals surface area contributed by atoms with Gasteiger partial charge in [0.05, 0.1) is 0 Å². The Bertz CT molecular complexity index is 589. The maximum Gasteiger partial charge on any atom is 0.326 e. The molecule has 0 bridgehead atoms. The van der Waals surface area contributed by atoms with Crippen molar-refractivity contribution in [1.82, 2.24) is 10.6 Å². The van der Waals surface area contributed by atoms with E-state index < -0.39 is 35.7 Å². The van der Waals surface area contributed by atoms with Crippen LogP contribution in [0.4, 0.5) is 4.39 Å². The van der Waals surface area contributed by atoms with Crippen LogP contribution in [0.5, 0.6) is 0 Å². The third kappa shape index (κ3) is 6.06. The second kappa shape index (κ2) is 8.26. The molecular weight excluding hydrogens is 303 g/mol. The summed E-state index contributed by atoms with van der Waals surface area (Å²) < 4.78 is 13.2. The first-order chi connectivity index (χ1) is 10.7. The molecule has 1 rings (SSSR count). The minimum atomic E-state index is -1.15. The highest BCUT2D eigenvalue weighted by Crippen LogP contribution is 2.08. The van der Waals surface area contributed by atoms with E-state index in [9.17, 15) is 18.8 Å². The van der Waals surface area contributed by atoms with E-state index in [2.05, 4.69) is 10.6 Å². The molecule has 0 saturated heterocycles. The maximum atomic E-state index is 13.2. The molecule has 1 aromatic rings. The second-order valence-corrected chi connectivity index (χ2v) is 5.66. The highest BCUT2D eigenvalue weighted by atomic mass is 19.1. The van der Waals surface area contributed by atoms with Crippen LogP contribution in [0, 0.1) is 11.7 Å². The molecule has 7 heteroatoms. The lowest BCUT2D eigenvalue weighted by atomic mass is 10.0. The van der Waals surface area contributed by atoms with Crippen molar-refractivity contribution < 1.29 is 23.9 Å². The van der Waals surface area contributed by atoms with Gasteiger partial charge in [-0.1, -0.05) is 26.0 Å². The number of benzene rings is 1. The maximum absolute atomic E-state index is 13.2. The van der Waals surface area contributed by atoms with E-state index in [1.54, 1.807) is 19.9 Å². The van der Waals surface area contributed by atoms with Crippen molar-refractivity contribution in [2.75, 3.05) is 0 Å². The standard InChI is InChI=1S/C16H21FN2O4/c1-9(2)14(16(22)23)19-15(21)13(18-10(3)20)8-11-5-4-6-12(17)7-11/h4-7,9,13-14H,8H2,1-3H3,(H,18,20)(H,19,21)(H,22,23)/t13-,14-/m1/s1. The van der Waals surface area contributed by atoms with Crippen molar-refractivity contribution in [2.45, 2.75) is 39.3 Å². The molecule has 0 radical (unpaired) electrons. The first kappa shape index (κ1) is 18.6. The fraction of sp³-hybridized carbons (Fsp3) is 0.438. The number of carbonyl (C=O) groups excluding carboxylic acids is 2. The van der Waals surface area contributed by atoms with Crippen molar-refractivity contribution in [1.29, 1.82) is 0 Å². The van der Waals surface area contributed by atoms with Crippen LogP contribution >= 0.6 is 0 Å². The van der Waals surface area contributed by atoms with Gasteiger partial charge in [0.15, 0.2) is 0 Å². The number of hydrogen-bond donors (Lipinski definition) is 3. The number of rotatable bonds is 7. The Hall–Kier alpha value is -2.44. The monoisotopic (exact) mass is 324 g/mol. The Balaban J connectivity index is 2.90. The Kier molecular flexibility index (Phi) is 6.68. The third-order valence-corrected chi connectivity index (χ3v) is 3.25. The smallest absolute Gasteiger partial charge is 0.326 e. The lowest BCUT2D eigenvalue weighted by molar-refractivity contribution is -0.143. The van der Waals surface area contributed by atoms with Gasteiger partial charge in [-0.25, -0.2) is 9.18 Å². The summed E-state index contributed by atoms with van der Waals surface area (Å²) in [6, 6.07) is 3.63. The summed E-state index contributed by atoms with van der Waals surface area (Å²) in [5.41, 5.74) is 0.523. The van der Waals surface area contributed by atoms with Crippen LogP contribution in [0.25, 0.3) is 0 Å². The normalized spacial score (nSPS) is 13.3. The summed E-state index contributed by atoms with van der Waals surface area (Å²) in [7, 11) is 0. The molecule has 0 aromatic heterocycles. The lowest BCUT2D eigenvalue weighted by Crippen LogP contribution is -2.53. The predicted molar refractivity (Wildman–Crippen MR) is 82.1 cm³/mol. The Labute approximate surface area is 134 Å². The van der Waals surface area contributed by atoms with Crippen LogP contribution in [0.2, 0.25) is 0 Å². The van der Waals surface area contributed by atoms with Gasteiger partial charge >= 0.3 is 5.97 Å². The molecule has 3 N–H and O–H groups in total. The quantitative estimate of drug-likeness (QED) is 0.700. The minimum Gasteiger partial charge on any atom is -0.480 e. The van der Waals surface area contributed by atoms with E-state index in [0.717, 1.165) is 0 Å². The number of carbonyl (C=O) groups is 3. The molecular formula is C16H21FN2O4. The number of carboxylic acids is 1. The van der Waals surface area contributed by atoms with E-state index in [4.69, 9.17) is 5.11 Å². The molecule has 0 aliphatic carbocycles. The molecule has 0 saturated carbocycles. The summed E-state index contributed by atoms with van der Waals surface area (Å²) in [5, 5.41) is 14.0. The number of hydrogen-bond acceptors (Lipinski definition) is 3. The molecule has 2 atom stereocenters. The van der Waals surface area contributed by atoms with E-state index in [1.165, 1.54) is 25.1 Å². The highest BCUT2D eigenvalue weighted by Gasteiger charge is 2.28. The predicted octanol–water partition coefficient (Wildman–Crippen LogP) is 1.10. The molecule has 2 amide bonds. The first-order valence-electron chi connectivity index (χ1n) is 7.25. The summed E-state index contributed by atoms with van der Waals surface area (Å²) in [6.07, 6.45) is 0.0631. The topological polar surface area (TPSA) is 95.5 Å². The van der Waals surface area contributed by atoms with Gasteiger partial charge in [0.25, 0.3) is 0 Å². The summed E-state index contributed by atoms with van der Waals surface area (Å²) >= 11 is 0. The average Bonchev–Trinajstić information content (AvgIpc) is 2.42. The fourth-order valence-electron chi connectivity index (χ4n) is 2.12.